The molecule has 1 fully saturated rings. The predicted octanol–water partition coefficient (Wildman–Crippen LogP) is 5.96. The Labute approximate surface area is 256 Å². The number of aliphatic hydroxyl groups excluding tert-OH is 1. The van der Waals surface area contributed by atoms with Gasteiger partial charge in [-0.25, -0.2) is 0 Å². The smallest absolute Gasteiger partial charge is 0.252 e. The first-order chi connectivity index (χ1) is 21.4. The fourth-order valence-electron chi connectivity index (χ4n) is 6.45. The van der Waals surface area contributed by atoms with E-state index in [2.05, 4.69) is 12.1 Å². The Morgan fingerprint density at radius 3 is 2.43 bits per heavy atom. The van der Waals surface area contributed by atoms with Crippen molar-refractivity contribution in [1.29, 1.82) is 5.26 Å². The van der Waals surface area contributed by atoms with Crippen LogP contribution in [0.25, 0.3) is 22.0 Å². The highest BCUT2D eigenvalue weighted by Crippen LogP contribution is 2.42. The molecule has 1 aliphatic rings. The van der Waals surface area contributed by atoms with Crippen molar-refractivity contribution < 1.29 is 19.4 Å². The van der Waals surface area contributed by atoms with Crippen molar-refractivity contribution in [2.24, 2.45) is 5.73 Å². The van der Waals surface area contributed by atoms with Crippen molar-refractivity contribution in [2.75, 3.05) is 14.2 Å². The normalized spacial score (nSPS) is 16.1. The zero-order valence-electron chi connectivity index (χ0n) is 24.8. The van der Waals surface area contributed by atoms with Gasteiger partial charge in [0, 0.05) is 23.3 Å². The molecule has 222 valence electrons. The number of nitriles is 1. The molecule has 1 aliphatic carbocycles. The van der Waals surface area contributed by atoms with Crippen LogP contribution in [-0.4, -0.2) is 41.1 Å². The van der Waals surface area contributed by atoms with Crippen LogP contribution in [0.2, 0.25) is 0 Å². The van der Waals surface area contributed by atoms with E-state index >= 15 is 0 Å². The first-order valence-corrected chi connectivity index (χ1v) is 14.7. The molecule has 0 saturated heterocycles. The van der Waals surface area contributed by atoms with Gasteiger partial charge in [0.05, 0.1) is 49.7 Å². The monoisotopic (exact) mass is 586 g/mol. The Bertz CT molecular complexity index is 1870. The molecular weight excluding hydrogens is 552 g/mol. The molecular formula is C36H34N4O4. The maximum atomic E-state index is 11.9. The summed E-state index contributed by atoms with van der Waals surface area (Å²) in [6.07, 6.45) is 4.55. The minimum Gasteiger partial charge on any atom is -0.497 e. The Balaban J connectivity index is 1.43. The topological polar surface area (TPSA) is 123 Å². The number of nitrogens with zero attached hydrogens (tertiary/aromatic N) is 3. The van der Waals surface area contributed by atoms with Crippen LogP contribution in [0, 0.1) is 11.3 Å². The van der Waals surface area contributed by atoms with E-state index in [-0.39, 0.29) is 5.92 Å². The van der Waals surface area contributed by atoms with Gasteiger partial charge in [-0.05, 0) is 64.9 Å². The quantitative estimate of drug-likeness (QED) is 0.220. The lowest BCUT2D eigenvalue weighted by Gasteiger charge is -2.19. The maximum absolute atomic E-state index is 11.9. The summed E-state index contributed by atoms with van der Waals surface area (Å²) in [6.45, 7) is 0.490. The molecule has 5 aromatic rings. The number of carbonyl (C=O) groups is 1. The molecule has 2 unspecified atom stereocenters. The molecule has 3 N–H and O–H groups in total. The number of para-hydroxylation sites is 1. The van der Waals surface area contributed by atoms with Crippen LogP contribution in [0.1, 0.15) is 63.4 Å². The molecule has 0 radical (unpaired) electrons. The SMILES string of the molecule is COc1ccc(Cn2ncc3c(C4CCCC4O)cc(-c4ccc(Cc5cccc(C(N)=O)c5OC)cc4)c(C#N)c32)cc1. The first kappa shape index (κ1) is 29.0. The van der Waals surface area contributed by atoms with Gasteiger partial charge in [0.2, 0.25) is 0 Å². The van der Waals surface area contributed by atoms with Crippen molar-refractivity contribution >= 4 is 16.8 Å². The lowest BCUT2D eigenvalue weighted by molar-refractivity contribution is 0.0997. The second-order valence-electron chi connectivity index (χ2n) is 11.3. The van der Waals surface area contributed by atoms with Crippen molar-refractivity contribution in [1.82, 2.24) is 9.78 Å². The number of hydrogen-bond donors (Lipinski definition) is 2. The number of methoxy groups -OCH3 is 2. The van der Waals surface area contributed by atoms with E-state index in [1.54, 1.807) is 19.2 Å². The molecule has 4 aromatic carbocycles. The fraction of sp³-hybridized carbons (Fsp3) is 0.250. The van der Waals surface area contributed by atoms with Crippen molar-refractivity contribution in [3.05, 3.63) is 112 Å². The predicted molar refractivity (Wildman–Crippen MR) is 169 cm³/mol. The van der Waals surface area contributed by atoms with Gasteiger partial charge in [0.25, 0.3) is 5.91 Å². The summed E-state index contributed by atoms with van der Waals surface area (Å²) >= 11 is 0. The van der Waals surface area contributed by atoms with E-state index in [9.17, 15) is 15.2 Å². The van der Waals surface area contributed by atoms with Gasteiger partial charge < -0.3 is 20.3 Å². The molecule has 0 aliphatic heterocycles. The summed E-state index contributed by atoms with van der Waals surface area (Å²) in [5, 5.41) is 27.1. The third kappa shape index (κ3) is 5.38. The third-order valence-corrected chi connectivity index (χ3v) is 8.66. The summed E-state index contributed by atoms with van der Waals surface area (Å²) in [5.74, 6) is 0.699. The number of aromatic nitrogens is 2. The number of ether oxygens (including phenoxy) is 2. The van der Waals surface area contributed by atoms with Crippen LogP contribution >= 0.6 is 0 Å². The molecule has 1 heterocycles. The lowest BCUT2D eigenvalue weighted by Crippen LogP contribution is -2.13. The number of fused-ring (bicyclic) bond motifs is 1. The minimum atomic E-state index is -0.534. The summed E-state index contributed by atoms with van der Waals surface area (Å²) < 4.78 is 12.7. The van der Waals surface area contributed by atoms with E-state index in [4.69, 9.17) is 20.3 Å². The minimum absolute atomic E-state index is 0.0214. The molecule has 0 spiro atoms. The van der Waals surface area contributed by atoms with E-state index in [0.29, 0.717) is 29.8 Å². The number of amides is 1. The zero-order chi connectivity index (χ0) is 30.8. The highest BCUT2D eigenvalue weighted by Gasteiger charge is 2.30. The average Bonchev–Trinajstić information content (AvgIpc) is 3.67. The Kier molecular flexibility index (Phi) is 8.05. The highest BCUT2D eigenvalue weighted by molar-refractivity contribution is 5.96. The number of rotatable bonds is 9. The number of benzene rings is 4. The summed E-state index contributed by atoms with van der Waals surface area (Å²) in [7, 11) is 3.17. The van der Waals surface area contributed by atoms with Crippen molar-refractivity contribution in [3.8, 4) is 28.7 Å². The average molecular weight is 587 g/mol. The summed E-state index contributed by atoms with van der Waals surface area (Å²) in [6, 6.07) is 25.8. The van der Waals surface area contributed by atoms with Gasteiger partial charge in [-0.3, -0.25) is 9.48 Å². The molecule has 0 bridgehead atoms. The second-order valence-corrected chi connectivity index (χ2v) is 11.3. The Hall–Kier alpha value is -5.13. The van der Waals surface area contributed by atoms with Crippen molar-refractivity contribution in [2.45, 2.75) is 44.2 Å². The number of hydrogen-bond acceptors (Lipinski definition) is 6. The Morgan fingerprint density at radius 1 is 1.05 bits per heavy atom. The molecule has 8 heteroatoms. The van der Waals surface area contributed by atoms with E-state index in [0.717, 1.165) is 69.3 Å². The number of carbonyl (C=O) groups excluding carboxylic acids is 1. The lowest BCUT2D eigenvalue weighted by atomic mass is 9.87. The summed E-state index contributed by atoms with van der Waals surface area (Å²) in [4.78, 5) is 11.9. The molecule has 1 aromatic heterocycles. The van der Waals surface area contributed by atoms with E-state index < -0.39 is 12.0 Å². The van der Waals surface area contributed by atoms with Crippen LogP contribution in [0.3, 0.4) is 0 Å². The standard InChI is InChI=1S/C36H34N4O4/c1-43-26-15-11-23(12-16-26)21-40-34-31(19-37)29(18-30(32(34)20-39-40)27-6-4-8-33(27)41)24-13-9-22(10-14-24)17-25-5-3-7-28(36(38)42)35(25)44-2/h3,5,7,9-16,18,20,27,33,41H,4,6,8,17,21H2,1-2H3,(H2,38,42). The van der Waals surface area contributed by atoms with Gasteiger partial charge in [-0.1, -0.05) is 55.0 Å². The van der Waals surface area contributed by atoms with Gasteiger partial charge in [-0.15, -0.1) is 0 Å². The molecule has 1 amide bonds. The highest BCUT2D eigenvalue weighted by atomic mass is 16.5. The maximum Gasteiger partial charge on any atom is 0.252 e. The van der Waals surface area contributed by atoms with E-state index in [1.807, 2.05) is 65.5 Å². The fourth-order valence-corrected chi connectivity index (χ4v) is 6.45. The molecule has 44 heavy (non-hydrogen) atoms. The molecule has 8 nitrogen and oxygen atoms in total. The van der Waals surface area contributed by atoms with Crippen LogP contribution < -0.4 is 15.2 Å². The van der Waals surface area contributed by atoms with Gasteiger partial charge >= 0.3 is 0 Å². The van der Waals surface area contributed by atoms with Gasteiger partial charge in [0.15, 0.2) is 0 Å². The zero-order valence-corrected chi connectivity index (χ0v) is 24.8. The van der Waals surface area contributed by atoms with Gasteiger partial charge in [0.1, 0.15) is 17.6 Å². The number of aliphatic hydroxyl groups is 1. The number of nitrogens with two attached hydrogens (primary N) is 1. The first-order valence-electron chi connectivity index (χ1n) is 14.7. The molecule has 2 atom stereocenters. The van der Waals surface area contributed by atoms with Crippen LogP contribution in [0.5, 0.6) is 11.5 Å². The molecule has 1 saturated carbocycles. The third-order valence-electron chi connectivity index (χ3n) is 8.66. The Morgan fingerprint density at radius 2 is 1.80 bits per heavy atom. The summed E-state index contributed by atoms with van der Waals surface area (Å²) in [5.41, 5.74) is 12.9. The van der Waals surface area contributed by atoms with E-state index in [1.165, 1.54) is 7.11 Å². The largest absolute Gasteiger partial charge is 0.497 e. The van der Waals surface area contributed by atoms with Gasteiger partial charge in [-0.2, -0.15) is 10.4 Å². The number of primary amides is 1. The van der Waals surface area contributed by atoms with Crippen molar-refractivity contribution in [3.63, 3.8) is 0 Å². The van der Waals surface area contributed by atoms with Crippen LogP contribution in [0.4, 0.5) is 0 Å². The van der Waals surface area contributed by atoms with Crippen LogP contribution in [0.15, 0.2) is 79.0 Å². The second kappa shape index (κ2) is 12.2. The van der Waals surface area contributed by atoms with Crippen LogP contribution in [-0.2, 0) is 13.0 Å². The molecule has 6 rings (SSSR count).